The second-order valence-electron chi connectivity index (χ2n) is 4.52. The van der Waals surface area contributed by atoms with E-state index in [1.807, 2.05) is 11.8 Å². The number of hydrogen-bond acceptors (Lipinski definition) is 2. The van der Waals surface area contributed by atoms with Crippen LogP contribution in [0.15, 0.2) is 24.3 Å². The monoisotopic (exact) mass is 248 g/mol. The van der Waals surface area contributed by atoms with Gasteiger partial charge in [-0.05, 0) is 30.5 Å². The highest BCUT2D eigenvalue weighted by Crippen LogP contribution is 2.09. The summed E-state index contributed by atoms with van der Waals surface area (Å²) in [7, 11) is 0. The standard InChI is InChI=1S/C15H24N2O/c1-3-11-17(15(18)4-2)12-14-7-5-13(6-8-14)9-10-16/h5-8H,3-4,9-12,16H2,1-2H3. The van der Waals surface area contributed by atoms with Gasteiger partial charge >= 0.3 is 0 Å². The van der Waals surface area contributed by atoms with E-state index < -0.39 is 0 Å². The molecule has 3 heteroatoms. The number of nitrogens with two attached hydrogens (primary N) is 1. The van der Waals surface area contributed by atoms with Crippen LogP contribution in [0.4, 0.5) is 0 Å². The minimum Gasteiger partial charge on any atom is -0.338 e. The number of rotatable bonds is 7. The topological polar surface area (TPSA) is 46.3 Å². The Balaban J connectivity index is 2.65. The molecule has 1 aromatic carbocycles. The Hall–Kier alpha value is -1.35. The van der Waals surface area contributed by atoms with Gasteiger partial charge in [-0.2, -0.15) is 0 Å². The Labute approximate surface area is 110 Å². The van der Waals surface area contributed by atoms with E-state index in [9.17, 15) is 4.79 Å². The van der Waals surface area contributed by atoms with E-state index in [2.05, 4.69) is 31.2 Å². The van der Waals surface area contributed by atoms with Gasteiger partial charge in [0.1, 0.15) is 0 Å². The van der Waals surface area contributed by atoms with Gasteiger partial charge in [0, 0.05) is 19.5 Å². The Bertz CT molecular complexity index is 359. The second kappa shape index (κ2) is 7.88. The molecular formula is C15H24N2O. The summed E-state index contributed by atoms with van der Waals surface area (Å²) in [4.78, 5) is 13.7. The molecule has 0 spiro atoms. The van der Waals surface area contributed by atoms with E-state index in [4.69, 9.17) is 5.73 Å². The second-order valence-corrected chi connectivity index (χ2v) is 4.52. The van der Waals surface area contributed by atoms with E-state index in [0.29, 0.717) is 19.5 Å². The van der Waals surface area contributed by atoms with Gasteiger partial charge in [-0.25, -0.2) is 0 Å². The van der Waals surface area contributed by atoms with E-state index in [0.717, 1.165) is 19.4 Å². The van der Waals surface area contributed by atoms with Crippen molar-refractivity contribution in [3.05, 3.63) is 35.4 Å². The lowest BCUT2D eigenvalue weighted by Gasteiger charge is -2.21. The van der Waals surface area contributed by atoms with Crippen molar-refractivity contribution >= 4 is 5.91 Å². The van der Waals surface area contributed by atoms with Crippen LogP contribution in [0.25, 0.3) is 0 Å². The first-order valence-corrected chi connectivity index (χ1v) is 6.76. The fourth-order valence-electron chi connectivity index (χ4n) is 1.98. The molecule has 100 valence electrons. The van der Waals surface area contributed by atoms with Crippen LogP contribution in [0.5, 0.6) is 0 Å². The fourth-order valence-corrected chi connectivity index (χ4v) is 1.98. The van der Waals surface area contributed by atoms with Crippen molar-refractivity contribution in [2.24, 2.45) is 5.73 Å². The van der Waals surface area contributed by atoms with E-state index in [1.165, 1.54) is 11.1 Å². The van der Waals surface area contributed by atoms with Gasteiger partial charge in [-0.1, -0.05) is 38.1 Å². The average Bonchev–Trinajstić information content (AvgIpc) is 2.40. The van der Waals surface area contributed by atoms with E-state index >= 15 is 0 Å². The summed E-state index contributed by atoms with van der Waals surface area (Å²) in [6.07, 6.45) is 2.48. The highest BCUT2D eigenvalue weighted by atomic mass is 16.2. The van der Waals surface area contributed by atoms with Crippen LogP contribution in [-0.4, -0.2) is 23.9 Å². The smallest absolute Gasteiger partial charge is 0.222 e. The van der Waals surface area contributed by atoms with Crippen molar-refractivity contribution in [1.82, 2.24) is 4.90 Å². The lowest BCUT2D eigenvalue weighted by Crippen LogP contribution is -2.30. The minimum atomic E-state index is 0.225. The molecule has 1 amide bonds. The van der Waals surface area contributed by atoms with Crippen molar-refractivity contribution in [3.8, 4) is 0 Å². The average molecular weight is 248 g/mol. The summed E-state index contributed by atoms with van der Waals surface area (Å²) in [5.74, 6) is 0.225. The predicted molar refractivity (Wildman–Crippen MR) is 75.2 cm³/mol. The summed E-state index contributed by atoms with van der Waals surface area (Å²) in [5.41, 5.74) is 7.96. The summed E-state index contributed by atoms with van der Waals surface area (Å²) in [6, 6.07) is 8.39. The SMILES string of the molecule is CCCN(Cc1ccc(CCN)cc1)C(=O)CC. The van der Waals surface area contributed by atoms with Crippen molar-refractivity contribution in [1.29, 1.82) is 0 Å². The molecule has 0 atom stereocenters. The molecule has 1 aromatic rings. The zero-order valence-electron chi connectivity index (χ0n) is 11.5. The molecule has 1 rings (SSSR count). The first-order valence-electron chi connectivity index (χ1n) is 6.76. The summed E-state index contributed by atoms with van der Waals surface area (Å²) in [5, 5.41) is 0. The first kappa shape index (κ1) is 14.7. The van der Waals surface area contributed by atoms with Gasteiger partial charge in [0.05, 0.1) is 0 Å². The van der Waals surface area contributed by atoms with Gasteiger partial charge in [-0.3, -0.25) is 4.79 Å². The first-order chi connectivity index (χ1) is 8.71. The van der Waals surface area contributed by atoms with Crippen LogP contribution in [0.3, 0.4) is 0 Å². The third-order valence-corrected chi connectivity index (χ3v) is 2.98. The van der Waals surface area contributed by atoms with E-state index in [1.54, 1.807) is 0 Å². The van der Waals surface area contributed by atoms with Gasteiger partial charge in [0.2, 0.25) is 5.91 Å². The molecule has 0 heterocycles. The Morgan fingerprint density at radius 1 is 1.17 bits per heavy atom. The summed E-state index contributed by atoms with van der Waals surface area (Å²) in [6.45, 7) is 6.23. The third kappa shape index (κ3) is 4.49. The minimum absolute atomic E-state index is 0.225. The highest BCUT2D eigenvalue weighted by Gasteiger charge is 2.10. The van der Waals surface area contributed by atoms with Crippen LogP contribution in [0.1, 0.15) is 37.8 Å². The molecule has 0 aliphatic rings. The fraction of sp³-hybridized carbons (Fsp3) is 0.533. The Morgan fingerprint density at radius 3 is 2.28 bits per heavy atom. The zero-order valence-corrected chi connectivity index (χ0v) is 11.5. The lowest BCUT2D eigenvalue weighted by molar-refractivity contribution is -0.131. The van der Waals surface area contributed by atoms with Crippen LogP contribution in [0.2, 0.25) is 0 Å². The van der Waals surface area contributed by atoms with Gasteiger partial charge < -0.3 is 10.6 Å². The maximum Gasteiger partial charge on any atom is 0.222 e. The molecule has 0 aromatic heterocycles. The van der Waals surface area contributed by atoms with Crippen LogP contribution in [0, 0.1) is 0 Å². The molecule has 0 bridgehead atoms. The number of amides is 1. The van der Waals surface area contributed by atoms with Gasteiger partial charge in [0.15, 0.2) is 0 Å². The van der Waals surface area contributed by atoms with Crippen molar-refractivity contribution < 1.29 is 4.79 Å². The van der Waals surface area contributed by atoms with Crippen LogP contribution >= 0.6 is 0 Å². The van der Waals surface area contributed by atoms with Crippen molar-refractivity contribution in [3.63, 3.8) is 0 Å². The molecule has 0 saturated heterocycles. The number of benzene rings is 1. The molecule has 0 saturated carbocycles. The highest BCUT2D eigenvalue weighted by molar-refractivity contribution is 5.75. The van der Waals surface area contributed by atoms with Crippen molar-refractivity contribution in [2.75, 3.05) is 13.1 Å². The third-order valence-electron chi connectivity index (χ3n) is 2.98. The normalized spacial score (nSPS) is 10.4. The number of hydrogen-bond donors (Lipinski definition) is 1. The quantitative estimate of drug-likeness (QED) is 0.805. The largest absolute Gasteiger partial charge is 0.338 e. The van der Waals surface area contributed by atoms with Crippen molar-refractivity contribution in [2.45, 2.75) is 39.7 Å². The number of carbonyl (C=O) groups is 1. The molecule has 0 aliphatic heterocycles. The number of nitrogens with zero attached hydrogens (tertiary/aromatic N) is 1. The van der Waals surface area contributed by atoms with Crippen LogP contribution < -0.4 is 5.73 Å². The van der Waals surface area contributed by atoms with Gasteiger partial charge in [-0.15, -0.1) is 0 Å². The molecule has 3 nitrogen and oxygen atoms in total. The summed E-state index contributed by atoms with van der Waals surface area (Å²) < 4.78 is 0. The molecular weight excluding hydrogens is 224 g/mol. The Morgan fingerprint density at radius 2 is 1.78 bits per heavy atom. The molecule has 0 fully saturated rings. The molecule has 18 heavy (non-hydrogen) atoms. The molecule has 0 aliphatic carbocycles. The molecule has 0 radical (unpaired) electrons. The number of carbonyl (C=O) groups excluding carboxylic acids is 1. The van der Waals surface area contributed by atoms with Gasteiger partial charge in [0.25, 0.3) is 0 Å². The predicted octanol–water partition coefficient (Wildman–Crippen LogP) is 2.34. The zero-order chi connectivity index (χ0) is 13.4. The van der Waals surface area contributed by atoms with Crippen LogP contribution in [-0.2, 0) is 17.8 Å². The maximum atomic E-state index is 11.8. The lowest BCUT2D eigenvalue weighted by atomic mass is 10.1. The maximum absolute atomic E-state index is 11.8. The molecule has 2 N–H and O–H groups in total. The van der Waals surface area contributed by atoms with E-state index in [-0.39, 0.29) is 5.91 Å². The summed E-state index contributed by atoms with van der Waals surface area (Å²) >= 11 is 0. The molecule has 0 unspecified atom stereocenters. The Kier molecular flexibility index (Phi) is 6.44.